The van der Waals surface area contributed by atoms with Gasteiger partial charge in [0.2, 0.25) is 0 Å². The third kappa shape index (κ3) is 2.22. The van der Waals surface area contributed by atoms with Crippen LogP contribution >= 0.6 is 11.6 Å². The van der Waals surface area contributed by atoms with E-state index in [2.05, 4.69) is 23.2 Å². The number of allylic oxidation sites excluding steroid dienone is 1. The summed E-state index contributed by atoms with van der Waals surface area (Å²) >= 11 is 6.00. The summed E-state index contributed by atoms with van der Waals surface area (Å²) in [4.78, 5) is 4.57. The van der Waals surface area contributed by atoms with Gasteiger partial charge in [-0.3, -0.25) is 4.99 Å². The fourth-order valence-electron chi connectivity index (χ4n) is 2.08. The normalized spacial score (nSPS) is 14.3. The Morgan fingerprint density at radius 2 is 1.67 bits per heavy atom. The molecule has 1 aliphatic rings. The minimum atomic E-state index is 0.742. The Morgan fingerprint density at radius 1 is 0.889 bits per heavy atom. The maximum Gasteiger partial charge on any atom is 0.0654 e. The van der Waals surface area contributed by atoms with E-state index in [1.807, 2.05) is 42.5 Å². The molecule has 0 amide bonds. The second-order valence-corrected chi connectivity index (χ2v) is 4.68. The molecule has 0 radical (unpaired) electrons. The Morgan fingerprint density at radius 3 is 2.44 bits per heavy atom. The van der Waals surface area contributed by atoms with Crippen LogP contribution in [0.4, 0.5) is 0 Å². The number of hydrogen-bond acceptors (Lipinski definition) is 1. The lowest BCUT2D eigenvalue weighted by Crippen LogP contribution is -1.93. The van der Waals surface area contributed by atoms with Gasteiger partial charge in [0.25, 0.3) is 0 Å². The molecule has 18 heavy (non-hydrogen) atoms. The summed E-state index contributed by atoms with van der Waals surface area (Å²) in [5, 5.41) is 0.747. The standard InChI is InChI=1S/C16H12ClN/c17-15-8-4-7-13(9-15)16-10-14(11-18-16)12-5-2-1-3-6-12/h1-10H,11H2. The van der Waals surface area contributed by atoms with Crippen LogP contribution in [0.3, 0.4) is 0 Å². The van der Waals surface area contributed by atoms with Crippen molar-refractivity contribution in [1.29, 1.82) is 0 Å². The van der Waals surface area contributed by atoms with Gasteiger partial charge in [0, 0.05) is 10.6 Å². The SMILES string of the molecule is Clc1cccc(C2=NCC(c3ccccc3)=C2)c1. The first-order chi connectivity index (χ1) is 8.83. The fourth-order valence-corrected chi connectivity index (χ4v) is 2.27. The summed E-state index contributed by atoms with van der Waals surface area (Å²) < 4.78 is 0. The molecule has 0 saturated carbocycles. The van der Waals surface area contributed by atoms with E-state index in [0.29, 0.717) is 0 Å². The van der Waals surface area contributed by atoms with Gasteiger partial charge >= 0.3 is 0 Å². The predicted octanol–water partition coefficient (Wildman–Crippen LogP) is 4.23. The van der Waals surface area contributed by atoms with Gasteiger partial charge in [-0.05, 0) is 29.3 Å². The summed E-state index contributed by atoms with van der Waals surface area (Å²) in [5.74, 6) is 0. The number of rotatable bonds is 2. The number of hydrogen-bond donors (Lipinski definition) is 0. The van der Waals surface area contributed by atoms with E-state index in [4.69, 9.17) is 11.6 Å². The molecule has 0 spiro atoms. The third-order valence-electron chi connectivity index (χ3n) is 3.00. The van der Waals surface area contributed by atoms with Gasteiger partial charge in [0.15, 0.2) is 0 Å². The van der Waals surface area contributed by atoms with Gasteiger partial charge in [-0.25, -0.2) is 0 Å². The van der Waals surface area contributed by atoms with Gasteiger partial charge in [-0.2, -0.15) is 0 Å². The van der Waals surface area contributed by atoms with Crippen LogP contribution in [-0.4, -0.2) is 12.3 Å². The van der Waals surface area contributed by atoms with Gasteiger partial charge < -0.3 is 0 Å². The first-order valence-corrected chi connectivity index (χ1v) is 6.27. The van der Waals surface area contributed by atoms with Crippen LogP contribution in [0.25, 0.3) is 5.57 Å². The van der Waals surface area contributed by atoms with Crippen molar-refractivity contribution in [2.45, 2.75) is 0 Å². The lowest BCUT2D eigenvalue weighted by atomic mass is 10.0. The van der Waals surface area contributed by atoms with Gasteiger partial charge in [0.1, 0.15) is 0 Å². The van der Waals surface area contributed by atoms with Crippen molar-refractivity contribution in [3.63, 3.8) is 0 Å². The zero-order valence-electron chi connectivity index (χ0n) is 9.81. The predicted molar refractivity (Wildman–Crippen MR) is 77.3 cm³/mol. The fraction of sp³-hybridized carbons (Fsp3) is 0.0625. The highest BCUT2D eigenvalue weighted by Crippen LogP contribution is 2.22. The molecule has 0 N–H and O–H groups in total. The Hall–Kier alpha value is -1.86. The van der Waals surface area contributed by atoms with Crippen LogP contribution < -0.4 is 0 Å². The summed E-state index contributed by atoms with van der Waals surface area (Å²) in [7, 11) is 0. The van der Waals surface area contributed by atoms with Crippen molar-refractivity contribution in [2.24, 2.45) is 4.99 Å². The van der Waals surface area contributed by atoms with Crippen molar-refractivity contribution in [3.8, 4) is 0 Å². The minimum absolute atomic E-state index is 0.742. The molecule has 0 atom stereocenters. The van der Waals surface area contributed by atoms with Crippen LogP contribution in [0, 0.1) is 0 Å². The molecule has 1 aliphatic heterocycles. The average molecular weight is 254 g/mol. The number of aliphatic imine (C=N–C) groups is 1. The molecular formula is C16H12ClN. The van der Waals surface area contributed by atoms with E-state index < -0.39 is 0 Å². The smallest absolute Gasteiger partial charge is 0.0654 e. The summed E-state index contributed by atoms with van der Waals surface area (Å²) in [6.07, 6.45) is 2.14. The highest BCUT2D eigenvalue weighted by Gasteiger charge is 2.11. The molecule has 0 unspecified atom stereocenters. The first-order valence-electron chi connectivity index (χ1n) is 5.89. The van der Waals surface area contributed by atoms with Crippen LogP contribution in [-0.2, 0) is 0 Å². The Kier molecular flexibility index (Phi) is 2.99. The van der Waals surface area contributed by atoms with Crippen LogP contribution in [0.2, 0.25) is 5.02 Å². The lowest BCUT2D eigenvalue weighted by Gasteiger charge is -1.99. The molecule has 2 aromatic carbocycles. The molecule has 0 saturated heterocycles. The molecule has 3 rings (SSSR count). The average Bonchev–Trinajstić information content (AvgIpc) is 2.89. The minimum Gasteiger partial charge on any atom is -0.280 e. The largest absolute Gasteiger partial charge is 0.280 e. The number of halogens is 1. The van der Waals surface area contributed by atoms with Crippen molar-refractivity contribution in [1.82, 2.24) is 0 Å². The van der Waals surface area contributed by atoms with Crippen molar-refractivity contribution in [2.75, 3.05) is 6.54 Å². The highest BCUT2D eigenvalue weighted by atomic mass is 35.5. The zero-order valence-corrected chi connectivity index (χ0v) is 10.6. The topological polar surface area (TPSA) is 12.4 Å². The van der Waals surface area contributed by atoms with Crippen molar-refractivity contribution >= 4 is 22.9 Å². The van der Waals surface area contributed by atoms with E-state index in [1.54, 1.807) is 0 Å². The summed E-state index contributed by atoms with van der Waals surface area (Å²) in [5.41, 5.74) is 4.58. The monoisotopic (exact) mass is 253 g/mol. The molecule has 88 valence electrons. The lowest BCUT2D eigenvalue weighted by molar-refractivity contribution is 1.29. The molecular weight excluding hydrogens is 242 g/mol. The maximum atomic E-state index is 6.00. The number of benzene rings is 2. The number of nitrogens with zero attached hydrogens (tertiary/aromatic N) is 1. The molecule has 0 bridgehead atoms. The summed E-state index contributed by atoms with van der Waals surface area (Å²) in [6, 6.07) is 18.2. The molecule has 1 heterocycles. The zero-order chi connectivity index (χ0) is 12.4. The van der Waals surface area contributed by atoms with Crippen LogP contribution in [0.1, 0.15) is 11.1 Å². The summed E-state index contributed by atoms with van der Waals surface area (Å²) in [6.45, 7) is 0.742. The highest BCUT2D eigenvalue weighted by molar-refractivity contribution is 6.31. The van der Waals surface area contributed by atoms with Crippen molar-refractivity contribution in [3.05, 3.63) is 76.8 Å². The van der Waals surface area contributed by atoms with E-state index in [9.17, 15) is 0 Å². The first kappa shape index (κ1) is 11.2. The van der Waals surface area contributed by atoms with Gasteiger partial charge in [-0.15, -0.1) is 0 Å². The van der Waals surface area contributed by atoms with Gasteiger partial charge in [-0.1, -0.05) is 54.1 Å². The third-order valence-corrected chi connectivity index (χ3v) is 3.23. The molecule has 0 aliphatic carbocycles. The van der Waals surface area contributed by atoms with Crippen LogP contribution in [0.5, 0.6) is 0 Å². The molecule has 2 heteroatoms. The molecule has 0 fully saturated rings. The Balaban J connectivity index is 1.92. The second-order valence-electron chi connectivity index (χ2n) is 4.25. The van der Waals surface area contributed by atoms with E-state index in [-0.39, 0.29) is 0 Å². The Bertz CT molecular complexity index is 627. The molecule has 0 aromatic heterocycles. The van der Waals surface area contributed by atoms with Gasteiger partial charge in [0.05, 0.1) is 12.3 Å². The quantitative estimate of drug-likeness (QED) is 0.760. The molecule has 1 nitrogen and oxygen atoms in total. The van der Waals surface area contributed by atoms with E-state index in [1.165, 1.54) is 11.1 Å². The Labute approximate surface area is 111 Å². The van der Waals surface area contributed by atoms with E-state index in [0.717, 1.165) is 22.8 Å². The maximum absolute atomic E-state index is 6.00. The van der Waals surface area contributed by atoms with E-state index >= 15 is 0 Å². The van der Waals surface area contributed by atoms with Crippen molar-refractivity contribution < 1.29 is 0 Å². The second kappa shape index (κ2) is 4.79. The van der Waals surface area contributed by atoms with Crippen LogP contribution in [0.15, 0.2) is 65.7 Å². The molecule has 2 aromatic rings.